The topological polar surface area (TPSA) is 12.9 Å². The van der Waals surface area contributed by atoms with Gasteiger partial charge in [0.1, 0.15) is 0 Å². The zero-order valence-electron chi connectivity index (χ0n) is 8.24. The van der Waals surface area contributed by atoms with Gasteiger partial charge in [0, 0.05) is 17.3 Å². The molecule has 0 saturated carbocycles. The minimum Gasteiger partial charge on any atom is -0.255 e. The predicted octanol–water partition coefficient (Wildman–Crippen LogP) is 4.04. The van der Waals surface area contributed by atoms with Crippen LogP contribution in [0.3, 0.4) is 0 Å². The summed E-state index contributed by atoms with van der Waals surface area (Å²) >= 11 is 11.8. The zero-order valence-corrected chi connectivity index (χ0v) is 9.76. The fourth-order valence-electron chi connectivity index (χ4n) is 1.31. The molecule has 2 aromatic rings. The highest BCUT2D eigenvalue weighted by Crippen LogP contribution is 2.27. The first-order valence-corrected chi connectivity index (χ1v) is 5.34. The molecule has 0 N–H and O–H groups in total. The van der Waals surface area contributed by atoms with Gasteiger partial charge in [0.2, 0.25) is 0 Å². The minimum absolute atomic E-state index is 0.516. The Labute approximate surface area is 104 Å². The Hall–Kier alpha value is -1.49. The van der Waals surface area contributed by atoms with Crippen molar-refractivity contribution in [3.05, 3.63) is 52.1 Å². The van der Waals surface area contributed by atoms with Crippen LogP contribution in [0.5, 0.6) is 0 Å². The summed E-state index contributed by atoms with van der Waals surface area (Å²) in [6.07, 6.45) is 6.90. The summed E-state index contributed by atoms with van der Waals surface area (Å²) in [5, 5.41) is 1.05. The fourth-order valence-corrected chi connectivity index (χ4v) is 1.60. The first-order chi connectivity index (χ1) is 7.70. The second kappa shape index (κ2) is 4.57. The van der Waals surface area contributed by atoms with Crippen LogP contribution in [0.2, 0.25) is 10.0 Å². The van der Waals surface area contributed by atoms with Gasteiger partial charge in [0.05, 0.1) is 15.7 Å². The van der Waals surface area contributed by atoms with Crippen molar-refractivity contribution in [1.29, 1.82) is 0 Å². The molecule has 0 unspecified atom stereocenters. The lowest BCUT2D eigenvalue weighted by Gasteiger charge is -2.02. The standard InChI is InChI=1S/C13H7Cl2N/c1-2-9-3-6-13(16-8-9)10-4-5-11(14)12(15)7-10/h1,3-8H. The SMILES string of the molecule is C#Cc1ccc(-c2ccc(Cl)c(Cl)c2)nc1. The Kier molecular flexibility index (Phi) is 3.14. The molecular formula is C13H7Cl2N. The van der Waals surface area contributed by atoms with Crippen LogP contribution in [0, 0.1) is 12.3 Å². The maximum absolute atomic E-state index is 5.93. The first-order valence-electron chi connectivity index (χ1n) is 4.59. The number of nitrogens with zero attached hydrogens (tertiary/aromatic N) is 1. The minimum atomic E-state index is 0.516. The summed E-state index contributed by atoms with van der Waals surface area (Å²) in [5.41, 5.74) is 2.49. The number of halogens is 2. The third kappa shape index (κ3) is 2.19. The Balaban J connectivity index is 2.43. The molecule has 0 aliphatic rings. The van der Waals surface area contributed by atoms with E-state index >= 15 is 0 Å². The van der Waals surface area contributed by atoms with E-state index in [1.807, 2.05) is 18.2 Å². The summed E-state index contributed by atoms with van der Waals surface area (Å²) < 4.78 is 0. The predicted molar refractivity (Wildman–Crippen MR) is 67.6 cm³/mol. The second-order valence-electron chi connectivity index (χ2n) is 3.21. The Bertz CT molecular complexity index is 553. The highest BCUT2D eigenvalue weighted by Gasteiger charge is 2.02. The number of hydrogen-bond acceptors (Lipinski definition) is 1. The summed E-state index contributed by atoms with van der Waals surface area (Å²) in [6, 6.07) is 9.09. The van der Waals surface area contributed by atoms with E-state index in [0.29, 0.717) is 10.0 Å². The lowest BCUT2D eigenvalue weighted by atomic mass is 10.1. The molecule has 0 fully saturated rings. The van der Waals surface area contributed by atoms with Crippen LogP contribution in [0.1, 0.15) is 5.56 Å². The molecule has 0 spiro atoms. The van der Waals surface area contributed by atoms with Crippen LogP contribution in [0.25, 0.3) is 11.3 Å². The quantitative estimate of drug-likeness (QED) is 0.694. The van der Waals surface area contributed by atoms with Gasteiger partial charge in [-0.1, -0.05) is 35.2 Å². The summed E-state index contributed by atoms with van der Waals surface area (Å²) in [4.78, 5) is 4.25. The van der Waals surface area contributed by atoms with Crippen molar-refractivity contribution < 1.29 is 0 Å². The van der Waals surface area contributed by atoms with Crippen LogP contribution in [-0.4, -0.2) is 4.98 Å². The number of terminal acetylenes is 1. The van der Waals surface area contributed by atoms with E-state index in [1.54, 1.807) is 18.3 Å². The highest BCUT2D eigenvalue weighted by atomic mass is 35.5. The fraction of sp³-hybridized carbons (Fsp3) is 0. The Morgan fingerprint density at radius 1 is 1.06 bits per heavy atom. The van der Waals surface area contributed by atoms with E-state index in [9.17, 15) is 0 Å². The van der Waals surface area contributed by atoms with Crippen molar-refractivity contribution in [2.24, 2.45) is 0 Å². The molecule has 1 nitrogen and oxygen atoms in total. The second-order valence-corrected chi connectivity index (χ2v) is 4.02. The molecule has 78 valence electrons. The first kappa shape index (κ1) is 11.0. The van der Waals surface area contributed by atoms with Crippen LogP contribution < -0.4 is 0 Å². The van der Waals surface area contributed by atoms with Gasteiger partial charge < -0.3 is 0 Å². The van der Waals surface area contributed by atoms with E-state index in [-0.39, 0.29) is 0 Å². The zero-order chi connectivity index (χ0) is 11.5. The van der Waals surface area contributed by atoms with Crippen LogP contribution in [0.15, 0.2) is 36.5 Å². The van der Waals surface area contributed by atoms with Crippen LogP contribution in [0.4, 0.5) is 0 Å². The molecular weight excluding hydrogens is 241 g/mol. The lowest BCUT2D eigenvalue weighted by molar-refractivity contribution is 1.31. The average Bonchev–Trinajstić information content (AvgIpc) is 2.33. The third-order valence-electron chi connectivity index (χ3n) is 2.15. The number of rotatable bonds is 1. The molecule has 0 saturated heterocycles. The summed E-state index contributed by atoms with van der Waals surface area (Å²) in [5.74, 6) is 2.52. The van der Waals surface area contributed by atoms with Crippen molar-refractivity contribution in [3.63, 3.8) is 0 Å². The van der Waals surface area contributed by atoms with E-state index < -0.39 is 0 Å². The Morgan fingerprint density at radius 3 is 2.44 bits per heavy atom. The van der Waals surface area contributed by atoms with Gasteiger partial charge in [0.25, 0.3) is 0 Å². The van der Waals surface area contributed by atoms with Crippen molar-refractivity contribution in [1.82, 2.24) is 4.98 Å². The van der Waals surface area contributed by atoms with E-state index in [2.05, 4.69) is 10.9 Å². The molecule has 0 amide bonds. The van der Waals surface area contributed by atoms with Crippen molar-refractivity contribution in [2.75, 3.05) is 0 Å². The van der Waals surface area contributed by atoms with Gasteiger partial charge in [-0.05, 0) is 24.3 Å². The van der Waals surface area contributed by atoms with E-state index in [1.165, 1.54) is 0 Å². The molecule has 0 aliphatic heterocycles. The van der Waals surface area contributed by atoms with Crippen molar-refractivity contribution >= 4 is 23.2 Å². The van der Waals surface area contributed by atoms with Gasteiger partial charge >= 0.3 is 0 Å². The molecule has 1 heterocycles. The van der Waals surface area contributed by atoms with Crippen LogP contribution >= 0.6 is 23.2 Å². The average molecular weight is 248 g/mol. The van der Waals surface area contributed by atoms with E-state index in [4.69, 9.17) is 29.6 Å². The number of hydrogen-bond donors (Lipinski definition) is 0. The highest BCUT2D eigenvalue weighted by molar-refractivity contribution is 6.42. The normalized spacial score (nSPS) is 9.81. The van der Waals surface area contributed by atoms with Gasteiger partial charge in [-0.2, -0.15) is 0 Å². The third-order valence-corrected chi connectivity index (χ3v) is 2.88. The molecule has 0 radical (unpaired) electrons. The smallest absolute Gasteiger partial charge is 0.0703 e. The number of aromatic nitrogens is 1. The monoisotopic (exact) mass is 247 g/mol. The van der Waals surface area contributed by atoms with Gasteiger partial charge in [-0.25, -0.2) is 0 Å². The van der Waals surface area contributed by atoms with E-state index in [0.717, 1.165) is 16.8 Å². The van der Waals surface area contributed by atoms with Gasteiger partial charge in [0.15, 0.2) is 0 Å². The van der Waals surface area contributed by atoms with Gasteiger partial charge in [-0.15, -0.1) is 6.42 Å². The Morgan fingerprint density at radius 2 is 1.88 bits per heavy atom. The van der Waals surface area contributed by atoms with Crippen molar-refractivity contribution in [3.8, 4) is 23.6 Å². The molecule has 1 aromatic carbocycles. The largest absolute Gasteiger partial charge is 0.255 e. The molecule has 16 heavy (non-hydrogen) atoms. The summed E-state index contributed by atoms with van der Waals surface area (Å²) in [6.45, 7) is 0. The van der Waals surface area contributed by atoms with Crippen molar-refractivity contribution in [2.45, 2.75) is 0 Å². The molecule has 1 aromatic heterocycles. The molecule has 0 bridgehead atoms. The maximum atomic E-state index is 5.93. The summed E-state index contributed by atoms with van der Waals surface area (Å²) in [7, 11) is 0. The molecule has 2 rings (SSSR count). The van der Waals surface area contributed by atoms with Crippen LogP contribution in [-0.2, 0) is 0 Å². The molecule has 3 heteroatoms. The van der Waals surface area contributed by atoms with Gasteiger partial charge in [-0.3, -0.25) is 4.98 Å². The molecule has 0 aliphatic carbocycles. The maximum Gasteiger partial charge on any atom is 0.0703 e. The molecule has 0 atom stereocenters. The lowest BCUT2D eigenvalue weighted by Crippen LogP contribution is -1.84. The number of pyridine rings is 1. The number of benzene rings is 1.